The van der Waals surface area contributed by atoms with Crippen LogP contribution in [0.25, 0.3) is 0 Å². The lowest BCUT2D eigenvalue weighted by atomic mass is 10.2. The normalized spacial score (nSPS) is 10.9. The molecule has 0 unspecified atom stereocenters. The minimum atomic E-state index is 0.649. The second kappa shape index (κ2) is 8.52. The summed E-state index contributed by atoms with van der Waals surface area (Å²) in [6.45, 7) is 3.64. The van der Waals surface area contributed by atoms with Crippen molar-refractivity contribution >= 4 is 39.0 Å². The zero-order valence-corrected chi connectivity index (χ0v) is 15.9. The topological polar surface area (TPSA) is 37.4 Å². The number of rotatable bonds is 7. The van der Waals surface area contributed by atoms with Gasteiger partial charge in [-0.3, -0.25) is 0 Å². The zero-order chi connectivity index (χ0) is 16.8. The fraction of sp³-hybridized carbons (Fsp3) is 0.353. The number of aryl methyl sites for hydroxylation is 1. The third-order valence-electron chi connectivity index (χ3n) is 3.18. The lowest BCUT2D eigenvalue weighted by Crippen LogP contribution is -2.15. The number of aromatic nitrogens is 1. The Balaban J connectivity index is 2.11. The molecule has 124 valence electrons. The van der Waals surface area contributed by atoms with Crippen LogP contribution in [0.2, 0.25) is 5.02 Å². The first-order valence-electron chi connectivity index (χ1n) is 7.42. The number of nitrogens with one attached hydrogen (secondary N) is 1. The highest BCUT2D eigenvalue weighted by Gasteiger charge is 2.09. The molecule has 0 amide bonds. The molecule has 0 saturated heterocycles. The van der Waals surface area contributed by atoms with Crippen LogP contribution in [0.15, 0.2) is 34.9 Å². The van der Waals surface area contributed by atoms with Crippen molar-refractivity contribution < 1.29 is 4.74 Å². The summed E-state index contributed by atoms with van der Waals surface area (Å²) in [5.74, 6) is 1.50. The summed E-state index contributed by atoms with van der Waals surface area (Å²) in [7, 11) is 4.10. The van der Waals surface area contributed by atoms with Crippen molar-refractivity contribution in [2.75, 3.05) is 32.6 Å². The van der Waals surface area contributed by atoms with Crippen molar-refractivity contribution in [3.63, 3.8) is 0 Å². The smallest absolute Gasteiger partial charge is 0.144 e. The number of ether oxygens (including phenoxy) is 1. The molecule has 1 heterocycles. The van der Waals surface area contributed by atoms with E-state index in [4.69, 9.17) is 16.3 Å². The summed E-state index contributed by atoms with van der Waals surface area (Å²) in [4.78, 5) is 6.54. The van der Waals surface area contributed by atoms with Crippen molar-refractivity contribution in [1.29, 1.82) is 0 Å². The molecule has 0 atom stereocenters. The minimum Gasteiger partial charge on any atom is -0.491 e. The first-order chi connectivity index (χ1) is 11.0. The molecule has 0 aliphatic carbocycles. The van der Waals surface area contributed by atoms with E-state index in [2.05, 4.69) is 45.2 Å². The highest BCUT2D eigenvalue weighted by molar-refractivity contribution is 9.10. The van der Waals surface area contributed by atoms with Gasteiger partial charge in [0.15, 0.2) is 0 Å². The number of nitrogens with zero attached hydrogens (tertiary/aromatic N) is 2. The quantitative estimate of drug-likeness (QED) is 0.674. The molecule has 2 aromatic rings. The average molecular weight is 399 g/mol. The highest BCUT2D eigenvalue weighted by atomic mass is 79.9. The summed E-state index contributed by atoms with van der Waals surface area (Å²) in [6, 6.07) is 7.56. The van der Waals surface area contributed by atoms with Crippen molar-refractivity contribution in [2.45, 2.75) is 13.3 Å². The number of anilines is 2. The molecule has 4 nitrogen and oxygen atoms in total. The first-order valence-corrected chi connectivity index (χ1v) is 8.59. The van der Waals surface area contributed by atoms with E-state index in [0.717, 1.165) is 40.3 Å². The standard InChI is InChI=1S/C17H21BrClN3O/c1-12-9-14(18)17(20-11-12)21-15-10-13(19)5-6-16(15)23-8-4-7-22(2)3/h5-6,9-11H,4,7-8H2,1-3H3,(H,20,21). The van der Waals surface area contributed by atoms with E-state index in [-0.39, 0.29) is 0 Å². The second-order valence-electron chi connectivity index (χ2n) is 5.61. The van der Waals surface area contributed by atoms with Gasteiger partial charge in [-0.05, 0) is 73.2 Å². The molecule has 2 rings (SSSR count). The Labute approximate surface area is 150 Å². The van der Waals surface area contributed by atoms with Crippen LogP contribution >= 0.6 is 27.5 Å². The first kappa shape index (κ1) is 18.0. The molecular weight excluding hydrogens is 378 g/mol. The van der Waals surface area contributed by atoms with Crippen LogP contribution < -0.4 is 10.1 Å². The van der Waals surface area contributed by atoms with Crippen molar-refractivity contribution in [1.82, 2.24) is 9.88 Å². The van der Waals surface area contributed by atoms with E-state index in [1.165, 1.54) is 0 Å². The highest BCUT2D eigenvalue weighted by Crippen LogP contribution is 2.32. The summed E-state index contributed by atoms with van der Waals surface area (Å²) >= 11 is 9.64. The van der Waals surface area contributed by atoms with Gasteiger partial charge in [0.1, 0.15) is 11.6 Å². The van der Waals surface area contributed by atoms with Crippen LogP contribution in [0.3, 0.4) is 0 Å². The molecular formula is C17H21BrClN3O. The summed E-state index contributed by atoms with van der Waals surface area (Å²) < 4.78 is 6.79. The maximum atomic E-state index is 6.12. The van der Waals surface area contributed by atoms with Crippen LogP contribution in [0, 0.1) is 6.92 Å². The molecule has 0 bridgehead atoms. The van der Waals surface area contributed by atoms with E-state index >= 15 is 0 Å². The lowest BCUT2D eigenvalue weighted by molar-refractivity contribution is 0.282. The monoisotopic (exact) mass is 397 g/mol. The fourth-order valence-corrected chi connectivity index (χ4v) is 2.78. The van der Waals surface area contributed by atoms with Gasteiger partial charge in [-0.25, -0.2) is 4.98 Å². The number of pyridine rings is 1. The van der Waals surface area contributed by atoms with Crippen LogP contribution in [0.5, 0.6) is 5.75 Å². The Kier molecular flexibility index (Phi) is 6.69. The van der Waals surface area contributed by atoms with Gasteiger partial charge in [0.25, 0.3) is 0 Å². The molecule has 0 spiro atoms. The van der Waals surface area contributed by atoms with Gasteiger partial charge in [0.2, 0.25) is 0 Å². The molecule has 1 N–H and O–H groups in total. The summed E-state index contributed by atoms with van der Waals surface area (Å²) in [5, 5.41) is 3.93. The molecule has 23 heavy (non-hydrogen) atoms. The molecule has 0 fully saturated rings. The van der Waals surface area contributed by atoms with E-state index in [1.807, 2.05) is 37.4 Å². The van der Waals surface area contributed by atoms with Crippen LogP contribution in [-0.2, 0) is 0 Å². The molecule has 0 saturated carbocycles. The molecule has 1 aromatic carbocycles. The largest absolute Gasteiger partial charge is 0.491 e. The number of benzene rings is 1. The third kappa shape index (κ3) is 5.68. The van der Waals surface area contributed by atoms with Crippen molar-refractivity contribution in [3.05, 3.63) is 45.5 Å². The van der Waals surface area contributed by atoms with Gasteiger partial charge in [-0.2, -0.15) is 0 Å². The second-order valence-corrected chi connectivity index (χ2v) is 6.90. The van der Waals surface area contributed by atoms with Crippen LogP contribution in [0.4, 0.5) is 11.5 Å². The van der Waals surface area contributed by atoms with Crippen molar-refractivity contribution in [3.8, 4) is 5.75 Å². The maximum Gasteiger partial charge on any atom is 0.144 e. The molecule has 6 heteroatoms. The number of hydrogen-bond donors (Lipinski definition) is 1. The Hall–Kier alpha value is -1.30. The Morgan fingerprint density at radius 2 is 2.09 bits per heavy atom. The van der Waals surface area contributed by atoms with Gasteiger partial charge in [-0.1, -0.05) is 11.6 Å². The minimum absolute atomic E-state index is 0.649. The maximum absolute atomic E-state index is 6.12. The summed E-state index contributed by atoms with van der Waals surface area (Å²) in [5.41, 5.74) is 1.90. The van der Waals surface area contributed by atoms with E-state index < -0.39 is 0 Å². The SMILES string of the molecule is Cc1cnc(Nc2cc(Cl)ccc2OCCCN(C)C)c(Br)c1. The predicted octanol–water partition coefficient (Wildman–Crippen LogP) is 4.88. The zero-order valence-electron chi connectivity index (χ0n) is 13.6. The number of hydrogen-bond acceptors (Lipinski definition) is 4. The third-order valence-corrected chi connectivity index (χ3v) is 4.02. The Bertz CT molecular complexity index is 664. The van der Waals surface area contributed by atoms with Gasteiger partial charge >= 0.3 is 0 Å². The van der Waals surface area contributed by atoms with Gasteiger partial charge < -0.3 is 15.0 Å². The van der Waals surface area contributed by atoms with Crippen molar-refractivity contribution in [2.24, 2.45) is 0 Å². The van der Waals surface area contributed by atoms with Gasteiger partial charge in [0.05, 0.1) is 16.8 Å². The van der Waals surface area contributed by atoms with Gasteiger partial charge in [0, 0.05) is 17.8 Å². The predicted molar refractivity (Wildman–Crippen MR) is 100 cm³/mol. The fourth-order valence-electron chi connectivity index (χ4n) is 2.04. The van der Waals surface area contributed by atoms with Gasteiger partial charge in [-0.15, -0.1) is 0 Å². The van der Waals surface area contributed by atoms with E-state index in [1.54, 1.807) is 0 Å². The van der Waals surface area contributed by atoms with Crippen LogP contribution in [0.1, 0.15) is 12.0 Å². The Morgan fingerprint density at radius 3 is 2.78 bits per heavy atom. The number of halogens is 2. The molecule has 1 aromatic heterocycles. The molecule has 0 aliphatic heterocycles. The lowest BCUT2D eigenvalue weighted by Gasteiger charge is -2.15. The molecule has 0 aliphatic rings. The van der Waals surface area contributed by atoms with E-state index in [9.17, 15) is 0 Å². The van der Waals surface area contributed by atoms with E-state index in [0.29, 0.717) is 11.6 Å². The Morgan fingerprint density at radius 1 is 1.30 bits per heavy atom. The molecule has 0 radical (unpaired) electrons. The summed E-state index contributed by atoms with van der Waals surface area (Å²) in [6.07, 6.45) is 2.77. The van der Waals surface area contributed by atoms with Crippen LogP contribution in [-0.4, -0.2) is 37.1 Å². The average Bonchev–Trinajstić information content (AvgIpc) is 2.48.